The smallest absolute Gasteiger partial charge is 0.243 e. The van der Waals surface area contributed by atoms with Crippen LogP contribution in [-0.2, 0) is 16.6 Å². The van der Waals surface area contributed by atoms with Crippen LogP contribution in [0.1, 0.15) is 25.8 Å². The van der Waals surface area contributed by atoms with Gasteiger partial charge < -0.3 is 5.32 Å². The highest BCUT2D eigenvalue weighted by atomic mass is 35.5. The molecule has 1 heterocycles. The van der Waals surface area contributed by atoms with E-state index < -0.39 is 10.0 Å². The lowest BCUT2D eigenvalue weighted by molar-refractivity contribution is 0.464. The van der Waals surface area contributed by atoms with Crippen molar-refractivity contribution in [2.75, 3.05) is 19.6 Å². The number of halogens is 1. The van der Waals surface area contributed by atoms with Crippen LogP contribution in [0.5, 0.6) is 0 Å². The Hall–Kier alpha value is -0.620. The number of hydrogen-bond acceptors (Lipinski definition) is 3. The second kappa shape index (κ2) is 6.43. The molecule has 2 rings (SSSR count). The average Bonchev–Trinajstić information content (AvgIpc) is 2.85. The Morgan fingerprint density at radius 1 is 1.45 bits per heavy atom. The van der Waals surface area contributed by atoms with Crippen molar-refractivity contribution in [3.8, 4) is 0 Å². The Morgan fingerprint density at radius 2 is 2.20 bits per heavy atom. The fraction of sp³-hybridized carbons (Fsp3) is 0.571. The summed E-state index contributed by atoms with van der Waals surface area (Å²) in [7, 11) is -3.39. The van der Waals surface area contributed by atoms with Crippen LogP contribution in [0.4, 0.5) is 0 Å². The number of benzene rings is 1. The third kappa shape index (κ3) is 3.34. The highest BCUT2D eigenvalue weighted by Crippen LogP contribution is 2.26. The molecule has 0 spiro atoms. The fourth-order valence-electron chi connectivity index (χ4n) is 2.37. The molecular formula is C14H21ClN2O2S. The molecule has 0 bridgehead atoms. The largest absolute Gasteiger partial charge is 0.313 e. The average molecular weight is 317 g/mol. The van der Waals surface area contributed by atoms with Crippen molar-refractivity contribution in [2.24, 2.45) is 5.92 Å². The topological polar surface area (TPSA) is 49.4 Å². The van der Waals surface area contributed by atoms with Gasteiger partial charge in [-0.05, 0) is 42.6 Å². The molecule has 0 aromatic heterocycles. The van der Waals surface area contributed by atoms with E-state index in [1.165, 1.54) is 0 Å². The Labute approximate surface area is 126 Å². The van der Waals surface area contributed by atoms with E-state index in [1.807, 2.05) is 6.92 Å². The molecule has 1 aromatic carbocycles. The van der Waals surface area contributed by atoms with E-state index >= 15 is 0 Å². The van der Waals surface area contributed by atoms with Crippen LogP contribution in [0.3, 0.4) is 0 Å². The number of rotatable bonds is 5. The first kappa shape index (κ1) is 15.8. The summed E-state index contributed by atoms with van der Waals surface area (Å²) in [6.07, 6.45) is 0.928. The lowest BCUT2D eigenvalue weighted by Gasteiger charge is -2.17. The van der Waals surface area contributed by atoms with Gasteiger partial charge in [-0.15, -0.1) is 0 Å². The molecule has 112 valence electrons. The summed E-state index contributed by atoms with van der Waals surface area (Å²) in [6, 6.07) is 4.94. The standard InChI is InChI=1S/C14H21ClN2O2S/c1-3-16-9-12-8-13(4-5-14(12)15)20(18,19)17-7-6-11(2)10-17/h4-5,8,11,16H,3,6-7,9-10H2,1-2H3. The van der Waals surface area contributed by atoms with Gasteiger partial charge >= 0.3 is 0 Å². The van der Waals surface area contributed by atoms with Crippen molar-refractivity contribution < 1.29 is 8.42 Å². The van der Waals surface area contributed by atoms with Crippen LogP contribution < -0.4 is 5.32 Å². The predicted octanol–water partition coefficient (Wildman–Crippen LogP) is 2.48. The maximum Gasteiger partial charge on any atom is 0.243 e. The Kier molecular flexibility index (Phi) is 5.07. The van der Waals surface area contributed by atoms with Crippen molar-refractivity contribution in [3.05, 3.63) is 28.8 Å². The van der Waals surface area contributed by atoms with Gasteiger partial charge in [-0.25, -0.2) is 8.42 Å². The Morgan fingerprint density at radius 3 is 2.80 bits per heavy atom. The van der Waals surface area contributed by atoms with Crippen LogP contribution in [0, 0.1) is 5.92 Å². The van der Waals surface area contributed by atoms with E-state index in [-0.39, 0.29) is 0 Å². The van der Waals surface area contributed by atoms with Gasteiger partial charge in [0.1, 0.15) is 0 Å². The lowest BCUT2D eigenvalue weighted by Crippen LogP contribution is -2.28. The minimum atomic E-state index is -3.39. The van der Waals surface area contributed by atoms with E-state index in [9.17, 15) is 8.42 Å². The first-order valence-corrected chi connectivity index (χ1v) is 8.76. The summed E-state index contributed by atoms with van der Waals surface area (Å²) >= 11 is 6.12. The zero-order valence-corrected chi connectivity index (χ0v) is 13.5. The van der Waals surface area contributed by atoms with E-state index in [0.717, 1.165) is 18.5 Å². The van der Waals surface area contributed by atoms with Crippen molar-refractivity contribution >= 4 is 21.6 Å². The van der Waals surface area contributed by atoms with Crippen molar-refractivity contribution in [2.45, 2.75) is 31.7 Å². The second-order valence-electron chi connectivity index (χ2n) is 5.29. The quantitative estimate of drug-likeness (QED) is 0.908. The normalized spacial score (nSPS) is 20.4. The van der Waals surface area contributed by atoms with Crippen LogP contribution in [0.2, 0.25) is 5.02 Å². The van der Waals surface area contributed by atoms with Gasteiger partial charge in [0.25, 0.3) is 0 Å². The lowest BCUT2D eigenvalue weighted by atomic mass is 10.2. The second-order valence-corrected chi connectivity index (χ2v) is 7.64. The monoisotopic (exact) mass is 316 g/mol. The molecule has 1 fully saturated rings. The molecule has 1 unspecified atom stereocenters. The van der Waals surface area contributed by atoms with Crippen LogP contribution >= 0.6 is 11.6 Å². The number of nitrogens with zero attached hydrogens (tertiary/aromatic N) is 1. The zero-order chi connectivity index (χ0) is 14.8. The third-order valence-electron chi connectivity index (χ3n) is 3.61. The molecule has 0 amide bonds. The van der Waals surface area contributed by atoms with E-state index in [1.54, 1.807) is 22.5 Å². The summed E-state index contributed by atoms with van der Waals surface area (Å²) in [6.45, 7) is 6.68. The number of sulfonamides is 1. The maximum absolute atomic E-state index is 12.6. The van der Waals surface area contributed by atoms with Gasteiger partial charge in [0.2, 0.25) is 10.0 Å². The third-order valence-corrected chi connectivity index (χ3v) is 5.84. The fourth-order valence-corrected chi connectivity index (χ4v) is 4.18. The van der Waals surface area contributed by atoms with Gasteiger partial charge in [-0.3, -0.25) is 0 Å². The molecule has 1 aromatic rings. The molecular weight excluding hydrogens is 296 g/mol. The van der Waals surface area contributed by atoms with Gasteiger partial charge in [0.15, 0.2) is 0 Å². The predicted molar refractivity (Wildman–Crippen MR) is 81.4 cm³/mol. The molecule has 6 heteroatoms. The highest BCUT2D eigenvalue weighted by molar-refractivity contribution is 7.89. The van der Waals surface area contributed by atoms with Gasteiger partial charge in [-0.1, -0.05) is 25.4 Å². The number of nitrogens with one attached hydrogen (secondary N) is 1. The minimum Gasteiger partial charge on any atom is -0.313 e. The maximum atomic E-state index is 12.6. The summed E-state index contributed by atoms with van der Waals surface area (Å²) < 4.78 is 26.7. The molecule has 1 aliphatic rings. The van der Waals surface area contributed by atoms with Crippen LogP contribution in [0.25, 0.3) is 0 Å². The molecule has 0 radical (unpaired) electrons. The van der Waals surface area contributed by atoms with Gasteiger partial charge in [0.05, 0.1) is 4.90 Å². The van der Waals surface area contributed by atoms with Crippen LogP contribution in [-0.4, -0.2) is 32.4 Å². The first-order chi connectivity index (χ1) is 9.45. The van der Waals surface area contributed by atoms with E-state index in [4.69, 9.17) is 11.6 Å². The summed E-state index contributed by atoms with van der Waals surface area (Å²) in [5, 5.41) is 3.76. The molecule has 1 atom stereocenters. The summed E-state index contributed by atoms with van der Waals surface area (Å²) in [4.78, 5) is 0.337. The molecule has 1 saturated heterocycles. The number of hydrogen-bond donors (Lipinski definition) is 1. The zero-order valence-electron chi connectivity index (χ0n) is 11.9. The molecule has 4 nitrogen and oxygen atoms in total. The van der Waals surface area contributed by atoms with E-state index in [0.29, 0.717) is 35.5 Å². The molecule has 0 saturated carbocycles. The van der Waals surface area contributed by atoms with E-state index in [2.05, 4.69) is 12.2 Å². The summed E-state index contributed by atoms with van der Waals surface area (Å²) in [5.41, 5.74) is 0.821. The van der Waals surface area contributed by atoms with Gasteiger partial charge in [-0.2, -0.15) is 4.31 Å². The molecule has 1 N–H and O–H groups in total. The van der Waals surface area contributed by atoms with Crippen molar-refractivity contribution in [1.29, 1.82) is 0 Å². The van der Waals surface area contributed by atoms with Gasteiger partial charge in [0, 0.05) is 24.7 Å². The van der Waals surface area contributed by atoms with Crippen molar-refractivity contribution in [1.82, 2.24) is 9.62 Å². The Balaban J connectivity index is 2.27. The first-order valence-electron chi connectivity index (χ1n) is 6.94. The SMILES string of the molecule is CCNCc1cc(S(=O)(=O)N2CCC(C)C2)ccc1Cl. The highest BCUT2D eigenvalue weighted by Gasteiger charge is 2.30. The molecule has 1 aliphatic heterocycles. The van der Waals surface area contributed by atoms with Crippen molar-refractivity contribution in [3.63, 3.8) is 0 Å². The van der Waals surface area contributed by atoms with Crippen LogP contribution in [0.15, 0.2) is 23.1 Å². The Bertz CT molecular complexity index is 575. The molecule has 20 heavy (non-hydrogen) atoms. The molecule has 0 aliphatic carbocycles. The minimum absolute atomic E-state index is 0.337. The summed E-state index contributed by atoms with van der Waals surface area (Å²) in [5.74, 6) is 0.429.